The van der Waals surface area contributed by atoms with Crippen LogP contribution in [0.1, 0.15) is 18.4 Å². The molecule has 1 N–H and O–H groups in total. The van der Waals surface area contributed by atoms with E-state index in [2.05, 4.69) is 15.0 Å². The Kier molecular flexibility index (Phi) is 4.98. The van der Waals surface area contributed by atoms with Gasteiger partial charge in [0.1, 0.15) is 12.0 Å². The van der Waals surface area contributed by atoms with Gasteiger partial charge >= 0.3 is 0 Å². The molecule has 0 amide bonds. The van der Waals surface area contributed by atoms with Crippen LogP contribution in [-0.4, -0.2) is 47.4 Å². The number of ether oxygens (including phenoxy) is 1. The molecule has 2 aromatic heterocycles. The second-order valence-corrected chi connectivity index (χ2v) is 8.68. The molecule has 0 saturated carbocycles. The van der Waals surface area contributed by atoms with E-state index in [0.29, 0.717) is 36.8 Å². The lowest BCUT2D eigenvalue weighted by Crippen LogP contribution is -2.41. The van der Waals surface area contributed by atoms with E-state index in [1.165, 1.54) is 22.8 Å². The minimum atomic E-state index is -3.64. The zero-order chi connectivity index (χ0) is 19.6. The van der Waals surface area contributed by atoms with Crippen LogP contribution in [-0.2, 0) is 10.0 Å². The van der Waals surface area contributed by atoms with Crippen LogP contribution in [0.5, 0.6) is 5.88 Å². The summed E-state index contributed by atoms with van der Waals surface area (Å²) in [6, 6.07) is 9.96. The second kappa shape index (κ2) is 7.58. The SMILES string of the molecule is N#Cc1cccc(S(=O)(=O)N2CCCC(COc3ncnc4[nH]ccc34)C2)c1. The summed E-state index contributed by atoms with van der Waals surface area (Å²) < 4.78 is 33.3. The molecule has 3 aromatic rings. The molecular formula is C19H19N5O3S. The smallest absolute Gasteiger partial charge is 0.243 e. The van der Waals surface area contributed by atoms with Crippen LogP contribution in [0.15, 0.2) is 47.8 Å². The molecule has 8 nitrogen and oxygen atoms in total. The third kappa shape index (κ3) is 3.56. The van der Waals surface area contributed by atoms with Crippen LogP contribution < -0.4 is 4.74 Å². The minimum Gasteiger partial charge on any atom is -0.477 e. The van der Waals surface area contributed by atoms with Crippen LogP contribution >= 0.6 is 0 Å². The number of hydrogen-bond donors (Lipinski definition) is 1. The minimum absolute atomic E-state index is 0.0617. The molecule has 1 aliphatic heterocycles. The fraction of sp³-hybridized carbons (Fsp3) is 0.316. The Balaban J connectivity index is 1.47. The number of nitriles is 1. The summed E-state index contributed by atoms with van der Waals surface area (Å²) >= 11 is 0. The fourth-order valence-electron chi connectivity index (χ4n) is 3.42. The zero-order valence-electron chi connectivity index (χ0n) is 15.1. The first-order valence-electron chi connectivity index (χ1n) is 8.99. The number of fused-ring (bicyclic) bond motifs is 1. The number of nitrogens with one attached hydrogen (secondary N) is 1. The Labute approximate surface area is 162 Å². The van der Waals surface area contributed by atoms with Crippen molar-refractivity contribution in [1.29, 1.82) is 5.26 Å². The van der Waals surface area contributed by atoms with Gasteiger partial charge in [-0.25, -0.2) is 18.4 Å². The number of piperidine rings is 1. The fourth-order valence-corrected chi connectivity index (χ4v) is 5.02. The van der Waals surface area contributed by atoms with Gasteiger partial charge in [0.25, 0.3) is 0 Å². The first-order chi connectivity index (χ1) is 13.6. The maximum absolute atomic E-state index is 13.0. The van der Waals surface area contributed by atoms with Crippen LogP contribution in [0.4, 0.5) is 0 Å². The van der Waals surface area contributed by atoms with E-state index in [-0.39, 0.29) is 10.8 Å². The summed E-state index contributed by atoms with van der Waals surface area (Å²) in [7, 11) is -3.64. The number of hydrogen-bond acceptors (Lipinski definition) is 6. The van der Waals surface area contributed by atoms with Crippen molar-refractivity contribution < 1.29 is 13.2 Å². The van der Waals surface area contributed by atoms with Crippen molar-refractivity contribution in [2.24, 2.45) is 5.92 Å². The van der Waals surface area contributed by atoms with Gasteiger partial charge in [-0.3, -0.25) is 0 Å². The van der Waals surface area contributed by atoms with Crippen molar-refractivity contribution in [3.63, 3.8) is 0 Å². The van der Waals surface area contributed by atoms with Gasteiger partial charge in [-0.15, -0.1) is 0 Å². The lowest BCUT2D eigenvalue weighted by Gasteiger charge is -2.31. The third-order valence-electron chi connectivity index (χ3n) is 4.86. The van der Waals surface area contributed by atoms with Gasteiger partial charge in [-0.2, -0.15) is 9.57 Å². The molecule has 4 rings (SSSR count). The Morgan fingerprint density at radius 1 is 1.32 bits per heavy atom. The van der Waals surface area contributed by atoms with Gasteiger partial charge in [0.2, 0.25) is 15.9 Å². The number of sulfonamides is 1. The van der Waals surface area contributed by atoms with E-state index in [1.807, 2.05) is 12.1 Å². The molecule has 1 unspecified atom stereocenters. The highest BCUT2D eigenvalue weighted by molar-refractivity contribution is 7.89. The first kappa shape index (κ1) is 18.4. The Hall–Kier alpha value is -2.96. The lowest BCUT2D eigenvalue weighted by molar-refractivity contribution is 0.177. The number of nitrogens with zero attached hydrogens (tertiary/aromatic N) is 4. The topological polar surface area (TPSA) is 112 Å². The largest absolute Gasteiger partial charge is 0.477 e. The normalized spacial score (nSPS) is 18.0. The molecule has 1 saturated heterocycles. The van der Waals surface area contributed by atoms with E-state index in [1.54, 1.807) is 18.3 Å². The average Bonchev–Trinajstić information content (AvgIpc) is 3.22. The van der Waals surface area contributed by atoms with Crippen molar-refractivity contribution in [3.8, 4) is 11.9 Å². The molecule has 144 valence electrons. The average molecular weight is 397 g/mol. The molecule has 1 atom stereocenters. The summed E-state index contributed by atoms with van der Waals surface area (Å²) in [5.74, 6) is 0.555. The highest BCUT2D eigenvalue weighted by Gasteiger charge is 2.30. The Morgan fingerprint density at radius 2 is 2.21 bits per heavy atom. The molecule has 0 radical (unpaired) electrons. The van der Waals surface area contributed by atoms with Crippen molar-refractivity contribution in [1.82, 2.24) is 19.3 Å². The van der Waals surface area contributed by atoms with Gasteiger partial charge in [0, 0.05) is 25.2 Å². The summed E-state index contributed by atoms with van der Waals surface area (Å²) in [4.78, 5) is 11.5. The number of aromatic nitrogens is 3. The maximum atomic E-state index is 13.0. The molecule has 9 heteroatoms. The zero-order valence-corrected chi connectivity index (χ0v) is 15.9. The third-order valence-corrected chi connectivity index (χ3v) is 6.72. The van der Waals surface area contributed by atoms with Crippen molar-refractivity contribution >= 4 is 21.1 Å². The van der Waals surface area contributed by atoms with E-state index >= 15 is 0 Å². The monoisotopic (exact) mass is 397 g/mol. The number of H-pyrrole nitrogens is 1. The number of rotatable bonds is 5. The molecule has 0 spiro atoms. The van der Waals surface area contributed by atoms with Crippen LogP contribution in [0.25, 0.3) is 11.0 Å². The maximum Gasteiger partial charge on any atom is 0.243 e. The highest BCUT2D eigenvalue weighted by atomic mass is 32.2. The van der Waals surface area contributed by atoms with Crippen LogP contribution in [0, 0.1) is 17.2 Å². The van der Waals surface area contributed by atoms with Gasteiger partial charge < -0.3 is 9.72 Å². The van der Waals surface area contributed by atoms with Crippen molar-refractivity contribution in [3.05, 3.63) is 48.4 Å². The van der Waals surface area contributed by atoms with Crippen molar-refractivity contribution in [2.45, 2.75) is 17.7 Å². The highest BCUT2D eigenvalue weighted by Crippen LogP contribution is 2.26. The second-order valence-electron chi connectivity index (χ2n) is 6.74. The molecule has 1 aliphatic rings. The first-order valence-corrected chi connectivity index (χ1v) is 10.4. The van der Waals surface area contributed by atoms with E-state index in [4.69, 9.17) is 10.00 Å². The van der Waals surface area contributed by atoms with Crippen LogP contribution in [0.3, 0.4) is 0 Å². The number of aromatic amines is 1. The predicted octanol–water partition coefficient (Wildman–Crippen LogP) is 2.31. The van der Waals surface area contributed by atoms with E-state index in [9.17, 15) is 8.42 Å². The molecule has 0 bridgehead atoms. The van der Waals surface area contributed by atoms with Gasteiger partial charge in [-0.05, 0) is 37.1 Å². The summed E-state index contributed by atoms with van der Waals surface area (Å²) in [6.07, 6.45) is 4.85. The standard InChI is InChI=1S/C19H19N5O3S/c20-10-14-3-1-5-16(9-14)28(25,26)24-8-2-4-15(11-24)12-27-19-17-6-7-21-18(17)22-13-23-19/h1,3,5-7,9,13,15H,2,4,8,11-12H2,(H,21,22,23). The quantitative estimate of drug-likeness (QED) is 0.707. The van der Waals surface area contributed by atoms with E-state index in [0.717, 1.165) is 18.2 Å². The number of benzene rings is 1. The molecule has 28 heavy (non-hydrogen) atoms. The summed E-state index contributed by atoms with van der Waals surface area (Å²) in [5.41, 5.74) is 1.03. The van der Waals surface area contributed by atoms with E-state index < -0.39 is 10.0 Å². The molecule has 1 fully saturated rings. The molecule has 0 aliphatic carbocycles. The molecular weight excluding hydrogens is 378 g/mol. The lowest BCUT2D eigenvalue weighted by atomic mass is 10.0. The Bertz CT molecular complexity index is 1140. The van der Waals surface area contributed by atoms with Gasteiger partial charge in [0.15, 0.2) is 0 Å². The van der Waals surface area contributed by atoms with Crippen molar-refractivity contribution in [2.75, 3.05) is 19.7 Å². The van der Waals surface area contributed by atoms with Gasteiger partial charge in [0.05, 0.1) is 28.5 Å². The Morgan fingerprint density at radius 3 is 3.07 bits per heavy atom. The summed E-state index contributed by atoms with van der Waals surface area (Å²) in [6.45, 7) is 1.22. The van der Waals surface area contributed by atoms with Gasteiger partial charge in [-0.1, -0.05) is 6.07 Å². The molecule has 3 heterocycles. The predicted molar refractivity (Wildman–Crippen MR) is 102 cm³/mol. The summed E-state index contributed by atoms with van der Waals surface area (Å²) in [5, 5.41) is 9.83. The molecule has 1 aromatic carbocycles. The van der Waals surface area contributed by atoms with Crippen LogP contribution in [0.2, 0.25) is 0 Å².